The van der Waals surface area contributed by atoms with Crippen LogP contribution in [0.4, 0.5) is 10.2 Å². The van der Waals surface area contributed by atoms with Gasteiger partial charge in [0, 0.05) is 12.7 Å². The summed E-state index contributed by atoms with van der Waals surface area (Å²) in [6.45, 7) is 2.82. The first-order valence-electron chi connectivity index (χ1n) is 4.54. The summed E-state index contributed by atoms with van der Waals surface area (Å²) in [7, 11) is 0. The van der Waals surface area contributed by atoms with Gasteiger partial charge < -0.3 is 10.3 Å². The van der Waals surface area contributed by atoms with Gasteiger partial charge in [0.05, 0.1) is 5.39 Å². The molecule has 0 atom stereocenters. The van der Waals surface area contributed by atoms with Crippen LogP contribution in [0.3, 0.4) is 0 Å². The van der Waals surface area contributed by atoms with Crippen LogP contribution in [-0.2, 0) is 0 Å². The van der Waals surface area contributed by atoms with Crippen molar-refractivity contribution in [1.29, 1.82) is 0 Å². The zero-order valence-corrected chi connectivity index (χ0v) is 7.84. The first-order valence-corrected chi connectivity index (χ1v) is 4.54. The van der Waals surface area contributed by atoms with E-state index in [-0.39, 0.29) is 5.82 Å². The van der Waals surface area contributed by atoms with E-state index in [1.54, 1.807) is 0 Å². The summed E-state index contributed by atoms with van der Waals surface area (Å²) in [5.74, 6) is 0.231. The molecule has 0 bridgehead atoms. The highest BCUT2D eigenvalue weighted by Crippen LogP contribution is 2.21. The van der Waals surface area contributed by atoms with E-state index < -0.39 is 0 Å². The predicted molar refractivity (Wildman–Crippen MR) is 52.6 cm³/mol. The molecule has 0 unspecified atom stereocenters. The van der Waals surface area contributed by atoms with Gasteiger partial charge in [0.25, 0.3) is 0 Å². The van der Waals surface area contributed by atoms with E-state index in [0.717, 1.165) is 13.0 Å². The van der Waals surface area contributed by atoms with Gasteiger partial charge in [-0.1, -0.05) is 6.92 Å². The number of halogens is 1. The summed E-state index contributed by atoms with van der Waals surface area (Å²) >= 11 is 0. The van der Waals surface area contributed by atoms with Crippen LogP contribution in [0, 0.1) is 5.82 Å². The molecule has 14 heavy (non-hydrogen) atoms. The quantitative estimate of drug-likeness (QED) is 0.784. The van der Waals surface area contributed by atoms with E-state index in [2.05, 4.69) is 20.3 Å². The molecule has 4 nitrogen and oxygen atoms in total. The molecule has 0 aliphatic carbocycles. The van der Waals surface area contributed by atoms with Gasteiger partial charge in [-0.2, -0.15) is 0 Å². The fourth-order valence-electron chi connectivity index (χ4n) is 1.30. The maximum atomic E-state index is 13.3. The molecular formula is C9H11FN4. The van der Waals surface area contributed by atoms with Gasteiger partial charge in [0.2, 0.25) is 0 Å². The third kappa shape index (κ3) is 1.41. The van der Waals surface area contributed by atoms with Crippen LogP contribution < -0.4 is 5.32 Å². The van der Waals surface area contributed by atoms with E-state index in [9.17, 15) is 4.39 Å². The molecule has 0 aliphatic rings. The van der Waals surface area contributed by atoms with Crippen molar-refractivity contribution < 1.29 is 4.39 Å². The number of fused-ring (bicyclic) bond motifs is 1. The average molecular weight is 194 g/mol. The fraction of sp³-hybridized carbons (Fsp3) is 0.333. The van der Waals surface area contributed by atoms with Gasteiger partial charge in [-0.15, -0.1) is 0 Å². The lowest BCUT2D eigenvalue weighted by Gasteiger charge is -2.03. The lowest BCUT2D eigenvalue weighted by atomic mass is 10.3. The van der Waals surface area contributed by atoms with Crippen molar-refractivity contribution >= 4 is 16.9 Å². The van der Waals surface area contributed by atoms with Crippen LogP contribution in [0.2, 0.25) is 0 Å². The van der Waals surface area contributed by atoms with Crippen molar-refractivity contribution in [3.8, 4) is 0 Å². The highest BCUT2D eigenvalue weighted by molar-refractivity contribution is 5.87. The number of aromatic nitrogens is 3. The normalized spacial score (nSPS) is 10.7. The van der Waals surface area contributed by atoms with Crippen molar-refractivity contribution in [1.82, 2.24) is 15.0 Å². The van der Waals surface area contributed by atoms with E-state index in [4.69, 9.17) is 0 Å². The minimum atomic E-state index is -0.320. The highest BCUT2D eigenvalue weighted by Gasteiger charge is 2.09. The Hall–Kier alpha value is -1.65. The van der Waals surface area contributed by atoms with Crippen LogP contribution in [0.5, 0.6) is 0 Å². The minimum Gasteiger partial charge on any atom is -0.369 e. The van der Waals surface area contributed by atoms with Gasteiger partial charge in [-0.05, 0) is 6.42 Å². The fourth-order valence-corrected chi connectivity index (χ4v) is 1.30. The van der Waals surface area contributed by atoms with E-state index in [1.807, 2.05) is 6.92 Å². The zero-order chi connectivity index (χ0) is 9.97. The van der Waals surface area contributed by atoms with Gasteiger partial charge in [-0.3, -0.25) is 0 Å². The summed E-state index contributed by atoms with van der Waals surface area (Å²) < 4.78 is 13.3. The van der Waals surface area contributed by atoms with Crippen molar-refractivity contribution in [3.63, 3.8) is 0 Å². The second kappa shape index (κ2) is 3.61. The molecule has 0 saturated heterocycles. The lowest BCUT2D eigenvalue weighted by molar-refractivity contribution is 0.639. The first kappa shape index (κ1) is 8.93. The van der Waals surface area contributed by atoms with Gasteiger partial charge in [-0.25, -0.2) is 14.4 Å². The number of rotatable bonds is 3. The van der Waals surface area contributed by atoms with Gasteiger partial charge in [0.1, 0.15) is 17.8 Å². The Morgan fingerprint density at radius 2 is 2.36 bits per heavy atom. The zero-order valence-electron chi connectivity index (χ0n) is 7.84. The Balaban J connectivity index is 2.46. The van der Waals surface area contributed by atoms with Crippen LogP contribution in [-0.4, -0.2) is 21.5 Å². The SMILES string of the molecule is CCCNc1ncnc2[nH]cc(F)c12. The molecule has 2 rings (SSSR count). The number of hydrogen-bond donors (Lipinski definition) is 2. The Morgan fingerprint density at radius 3 is 3.14 bits per heavy atom. The topological polar surface area (TPSA) is 53.6 Å². The monoisotopic (exact) mass is 194 g/mol. The summed E-state index contributed by atoms with van der Waals surface area (Å²) in [6.07, 6.45) is 3.67. The third-order valence-corrected chi connectivity index (χ3v) is 1.96. The molecule has 0 aliphatic heterocycles. The van der Waals surface area contributed by atoms with Crippen LogP contribution in [0.15, 0.2) is 12.5 Å². The highest BCUT2D eigenvalue weighted by atomic mass is 19.1. The van der Waals surface area contributed by atoms with Crippen LogP contribution in [0.1, 0.15) is 13.3 Å². The number of aromatic amines is 1. The summed E-state index contributed by atoms with van der Waals surface area (Å²) in [6, 6.07) is 0. The Labute approximate surface area is 80.6 Å². The summed E-state index contributed by atoms with van der Waals surface area (Å²) in [5, 5.41) is 3.48. The molecule has 2 aromatic rings. The standard InChI is InChI=1S/C9H11FN4/c1-2-3-11-8-7-6(10)4-12-9(7)14-5-13-8/h4-5H,2-3H2,1H3,(H2,11,12,13,14). The summed E-state index contributed by atoms with van der Waals surface area (Å²) in [5.41, 5.74) is 0.524. The van der Waals surface area contributed by atoms with E-state index in [1.165, 1.54) is 12.5 Å². The minimum absolute atomic E-state index is 0.320. The molecule has 0 saturated carbocycles. The smallest absolute Gasteiger partial charge is 0.153 e. The van der Waals surface area contributed by atoms with Crippen molar-refractivity contribution in [2.45, 2.75) is 13.3 Å². The van der Waals surface area contributed by atoms with Crippen LogP contribution >= 0.6 is 0 Å². The van der Waals surface area contributed by atoms with Gasteiger partial charge >= 0.3 is 0 Å². The number of nitrogens with zero attached hydrogens (tertiary/aromatic N) is 2. The van der Waals surface area contributed by atoms with Gasteiger partial charge in [0.15, 0.2) is 5.82 Å². The van der Waals surface area contributed by atoms with Crippen molar-refractivity contribution in [2.75, 3.05) is 11.9 Å². The molecule has 0 amide bonds. The Kier molecular flexibility index (Phi) is 2.30. The molecule has 2 aromatic heterocycles. The van der Waals surface area contributed by atoms with Crippen LogP contribution in [0.25, 0.3) is 11.0 Å². The average Bonchev–Trinajstić information content (AvgIpc) is 2.58. The largest absolute Gasteiger partial charge is 0.369 e. The Bertz CT molecular complexity index is 437. The maximum absolute atomic E-state index is 13.3. The molecule has 0 radical (unpaired) electrons. The second-order valence-corrected chi connectivity index (χ2v) is 3.01. The van der Waals surface area contributed by atoms with Crippen molar-refractivity contribution in [3.05, 3.63) is 18.3 Å². The Morgan fingerprint density at radius 1 is 1.50 bits per heavy atom. The molecule has 5 heteroatoms. The molecule has 2 N–H and O–H groups in total. The molecular weight excluding hydrogens is 183 g/mol. The third-order valence-electron chi connectivity index (χ3n) is 1.96. The molecule has 2 heterocycles. The number of hydrogen-bond acceptors (Lipinski definition) is 3. The van der Waals surface area contributed by atoms with E-state index >= 15 is 0 Å². The number of nitrogens with one attached hydrogen (secondary N) is 2. The maximum Gasteiger partial charge on any atom is 0.153 e. The number of H-pyrrole nitrogens is 1. The molecule has 0 aromatic carbocycles. The first-order chi connectivity index (χ1) is 6.83. The second-order valence-electron chi connectivity index (χ2n) is 3.01. The molecule has 0 spiro atoms. The molecule has 74 valence electrons. The molecule has 0 fully saturated rings. The predicted octanol–water partition coefficient (Wildman–Crippen LogP) is 1.92. The lowest BCUT2D eigenvalue weighted by Crippen LogP contribution is -2.02. The number of anilines is 1. The van der Waals surface area contributed by atoms with Crippen molar-refractivity contribution in [2.24, 2.45) is 0 Å². The summed E-state index contributed by atoms with van der Waals surface area (Å²) in [4.78, 5) is 10.7. The van der Waals surface area contributed by atoms with E-state index in [0.29, 0.717) is 16.9 Å².